The minimum atomic E-state index is 0.433. The molecule has 1 fully saturated rings. The van der Waals surface area contributed by atoms with Gasteiger partial charge in [0.15, 0.2) is 0 Å². The number of hydrogen-bond acceptors (Lipinski definition) is 3. The van der Waals surface area contributed by atoms with Crippen molar-refractivity contribution in [2.45, 2.75) is 45.2 Å². The third-order valence-electron chi connectivity index (χ3n) is 4.05. The maximum atomic E-state index is 4.65. The van der Waals surface area contributed by atoms with E-state index in [9.17, 15) is 0 Å². The molecular weight excluding hydrogens is 250 g/mol. The summed E-state index contributed by atoms with van der Waals surface area (Å²) in [6, 6.07) is 4.67. The molecule has 1 unspecified atom stereocenters. The predicted molar refractivity (Wildman–Crippen MR) is 78.5 cm³/mol. The van der Waals surface area contributed by atoms with E-state index >= 15 is 0 Å². The average molecular weight is 273 g/mol. The lowest BCUT2D eigenvalue weighted by molar-refractivity contribution is 0.195. The number of aromatic nitrogens is 4. The molecule has 0 spiro atoms. The van der Waals surface area contributed by atoms with Crippen molar-refractivity contribution in [2.75, 3.05) is 13.1 Å². The Bertz CT molecular complexity index is 528. The molecule has 0 bridgehead atoms. The van der Waals surface area contributed by atoms with Crippen LogP contribution < -0.4 is 0 Å². The predicted octanol–water partition coefficient (Wildman–Crippen LogP) is 2.57. The van der Waals surface area contributed by atoms with Gasteiger partial charge in [-0.15, -0.1) is 0 Å². The highest BCUT2D eigenvalue weighted by atomic mass is 15.3. The fourth-order valence-electron chi connectivity index (χ4n) is 2.93. The van der Waals surface area contributed by atoms with Crippen LogP contribution in [0, 0.1) is 0 Å². The highest BCUT2D eigenvalue weighted by molar-refractivity contribution is 5.08. The monoisotopic (exact) mass is 273 g/mol. The van der Waals surface area contributed by atoms with Gasteiger partial charge in [0.2, 0.25) is 0 Å². The lowest BCUT2D eigenvalue weighted by Crippen LogP contribution is -2.34. The molecule has 0 aliphatic carbocycles. The minimum Gasteiger partial charge on any atom is -0.297 e. The molecule has 0 aromatic carbocycles. The lowest BCUT2D eigenvalue weighted by atomic mass is 9.95. The zero-order chi connectivity index (χ0) is 13.9. The van der Waals surface area contributed by atoms with Crippen LogP contribution in [0.4, 0.5) is 0 Å². The lowest BCUT2D eigenvalue weighted by Gasteiger charge is -2.31. The Labute approximate surface area is 120 Å². The van der Waals surface area contributed by atoms with Gasteiger partial charge in [0.05, 0.1) is 5.69 Å². The van der Waals surface area contributed by atoms with Crippen molar-refractivity contribution in [3.05, 3.63) is 35.9 Å². The summed E-state index contributed by atoms with van der Waals surface area (Å²) >= 11 is 0. The smallest absolute Gasteiger partial charge is 0.0764 e. The third-order valence-corrected chi connectivity index (χ3v) is 4.05. The van der Waals surface area contributed by atoms with Gasteiger partial charge >= 0.3 is 0 Å². The van der Waals surface area contributed by atoms with Crippen molar-refractivity contribution in [2.24, 2.45) is 0 Å². The molecule has 0 amide bonds. The van der Waals surface area contributed by atoms with Gasteiger partial charge in [0, 0.05) is 43.1 Å². The second-order valence-electron chi connectivity index (χ2n) is 5.97. The van der Waals surface area contributed by atoms with Crippen molar-refractivity contribution in [1.82, 2.24) is 24.9 Å². The normalized spacial score (nSPS) is 20.6. The number of aromatic amines is 1. The summed E-state index contributed by atoms with van der Waals surface area (Å²) in [7, 11) is 0. The molecule has 108 valence electrons. The van der Waals surface area contributed by atoms with Crippen LogP contribution in [-0.4, -0.2) is 38.0 Å². The van der Waals surface area contributed by atoms with Crippen molar-refractivity contribution >= 4 is 0 Å². The molecule has 20 heavy (non-hydrogen) atoms. The molecule has 1 atom stereocenters. The van der Waals surface area contributed by atoms with Crippen LogP contribution in [0.3, 0.4) is 0 Å². The first-order chi connectivity index (χ1) is 9.72. The van der Waals surface area contributed by atoms with Gasteiger partial charge in [-0.25, -0.2) is 0 Å². The van der Waals surface area contributed by atoms with Crippen molar-refractivity contribution in [3.63, 3.8) is 0 Å². The van der Waals surface area contributed by atoms with Crippen LogP contribution in [-0.2, 0) is 6.54 Å². The summed E-state index contributed by atoms with van der Waals surface area (Å²) in [4.78, 5) is 2.50. The maximum Gasteiger partial charge on any atom is 0.0764 e. The number of hydrogen-bond donors (Lipinski definition) is 1. The number of likely N-dealkylation sites (tertiary alicyclic amines) is 1. The summed E-state index contributed by atoms with van der Waals surface area (Å²) in [5.41, 5.74) is 2.44. The molecule has 1 N–H and O–H groups in total. The molecule has 3 rings (SSSR count). The van der Waals surface area contributed by atoms with Crippen molar-refractivity contribution < 1.29 is 0 Å². The van der Waals surface area contributed by atoms with Gasteiger partial charge < -0.3 is 0 Å². The van der Waals surface area contributed by atoms with Gasteiger partial charge in [-0.2, -0.15) is 10.2 Å². The standard InChI is InChI=1S/C15H23N5/c1-12(2)20-9-6-14(18-20)11-19-8-3-4-13(10-19)15-5-7-16-17-15/h5-7,9,12-13H,3-4,8,10-11H2,1-2H3,(H,16,17). The Hall–Kier alpha value is -1.62. The molecule has 5 heteroatoms. The van der Waals surface area contributed by atoms with E-state index in [0.717, 1.165) is 13.1 Å². The molecule has 3 heterocycles. The highest BCUT2D eigenvalue weighted by Gasteiger charge is 2.22. The third kappa shape index (κ3) is 2.93. The SMILES string of the molecule is CC(C)n1ccc(CN2CCCC(c3ccn[nH]3)C2)n1. The fourth-order valence-corrected chi connectivity index (χ4v) is 2.93. The summed E-state index contributed by atoms with van der Waals surface area (Å²) in [6.45, 7) is 7.53. The zero-order valence-corrected chi connectivity index (χ0v) is 12.3. The zero-order valence-electron chi connectivity index (χ0n) is 12.3. The number of rotatable bonds is 4. The van der Waals surface area contributed by atoms with Crippen LogP contribution >= 0.6 is 0 Å². The van der Waals surface area contributed by atoms with Crippen LogP contribution in [0.2, 0.25) is 0 Å². The van der Waals surface area contributed by atoms with Crippen molar-refractivity contribution in [1.29, 1.82) is 0 Å². The second kappa shape index (κ2) is 5.79. The molecule has 1 saturated heterocycles. The van der Waals surface area contributed by atoms with Crippen LogP contribution in [0.25, 0.3) is 0 Å². The Balaban J connectivity index is 1.62. The van der Waals surface area contributed by atoms with E-state index < -0.39 is 0 Å². The molecule has 0 radical (unpaired) electrons. The Morgan fingerprint density at radius 2 is 2.30 bits per heavy atom. The molecule has 2 aromatic heterocycles. The van der Waals surface area contributed by atoms with Crippen molar-refractivity contribution in [3.8, 4) is 0 Å². The maximum absolute atomic E-state index is 4.65. The van der Waals surface area contributed by atoms with E-state index in [-0.39, 0.29) is 0 Å². The number of H-pyrrole nitrogens is 1. The molecule has 1 aliphatic heterocycles. The topological polar surface area (TPSA) is 49.7 Å². The van der Waals surface area contributed by atoms with Crippen LogP contribution in [0.1, 0.15) is 50.0 Å². The first-order valence-corrected chi connectivity index (χ1v) is 7.48. The summed E-state index contributed by atoms with van der Waals surface area (Å²) < 4.78 is 2.03. The molecule has 2 aromatic rings. The highest BCUT2D eigenvalue weighted by Crippen LogP contribution is 2.26. The Morgan fingerprint density at radius 1 is 1.40 bits per heavy atom. The van der Waals surface area contributed by atoms with Crippen LogP contribution in [0.15, 0.2) is 24.5 Å². The Kier molecular flexibility index (Phi) is 3.87. The molecule has 5 nitrogen and oxygen atoms in total. The first-order valence-electron chi connectivity index (χ1n) is 7.48. The first kappa shape index (κ1) is 13.4. The average Bonchev–Trinajstić information content (AvgIpc) is 3.10. The Morgan fingerprint density at radius 3 is 3.00 bits per heavy atom. The molecule has 0 saturated carbocycles. The summed E-state index contributed by atoms with van der Waals surface area (Å²) in [5.74, 6) is 0.582. The van der Waals surface area contributed by atoms with Gasteiger partial charge in [-0.05, 0) is 45.4 Å². The van der Waals surface area contributed by atoms with Gasteiger partial charge in [0.25, 0.3) is 0 Å². The molecule has 1 aliphatic rings. The summed E-state index contributed by atoms with van der Waals surface area (Å²) in [6.07, 6.45) is 6.42. The van der Waals surface area contributed by atoms with E-state index in [0.29, 0.717) is 12.0 Å². The van der Waals surface area contributed by atoms with E-state index in [1.807, 2.05) is 10.9 Å². The largest absolute Gasteiger partial charge is 0.297 e. The number of piperidine rings is 1. The minimum absolute atomic E-state index is 0.433. The summed E-state index contributed by atoms with van der Waals surface area (Å²) in [5, 5.41) is 11.8. The quantitative estimate of drug-likeness (QED) is 0.931. The van der Waals surface area contributed by atoms with Gasteiger partial charge in [-0.3, -0.25) is 14.7 Å². The fraction of sp³-hybridized carbons (Fsp3) is 0.600. The molecular formula is C15H23N5. The van der Waals surface area contributed by atoms with Gasteiger partial charge in [0.1, 0.15) is 0 Å². The second-order valence-corrected chi connectivity index (χ2v) is 5.97. The van der Waals surface area contributed by atoms with E-state index in [4.69, 9.17) is 0 Å². The van der Waals surface area contributed by atoms with E-state index in [2.05, 4.69) is 52.4 Å². The van der Waals surface area contributed by atoms with E-state index in [1.165, 1.54) is 30.8 Å². The number of nitrogens with zero attached hydrogens (tertiary/aromatic N) is 4. The van der Waals surface area contributed by atoms with Gasteiger partial charge in [-0.1, -0.05) is 0 Å². The number of nitrogens with one attached hydrogen (secondary N) is 1. The van der Waals surface area contributed by atoms with Crippen LogP contribution in [0.5, 0.6) is 0 Å². The van der Waals surface area contributed by atoms with E-state index in [1.54, 1.807) is 0 Å².